The Morgan fingerprint density at radius 2 is 1.76 bits per heavy atom. The molecule has 1 aromatic carbocycles. The third kappa shape index (κ3) is 5.94. The minimum atomic E-state index is -0.480. The molecule has 2 aromatic heterocycles. The van der Waals surface area contributed by atoms with Crippen molar-refractivity contribution in [3.8, 4) is 0 Å². The maximum absolute atomic E-state index is 13.0. The Morgan fingerprint density at radius 1 is 1.09 bits per heavy atom. The molecule has 8 nitrogen and oxygen atoms in total. The van der Waals surface area contributed by atoms with Gasteiger partial charge in [0.1, 0.15) is 16.2 Å². The van der Waals surface area contributed by atoms with Crippen molar-refractivity contribution in [2.75, 3.05) is 0 Å². The summed E-state index contributed by atoms with van der Waals surface area (Å²) in [5.41, 5.74) is 0.697. The fourth-order valence-electron chi connectivity index (χ4n) is 3.74. The Hall–Kier alpha value is -2.94. The first-order valence-corrected chi connectivity index (χ1v) is 12.5. The van der Waals surface area contributed by atoms with Crippen LogP contribution in [0.3, 0.4) is 0 Å². The number of carbonyl (C=O) groups excluding carboxylic acids is 1. The van der Waals surface area contributed by atoms with Gasteiger partial charge >= 0.3 is 5.69 Å². The van der Waals surface area contributed by atoms with Gasteiger partial charge in [0.25, 0.3) is 5.56 Å². The molecule has 182 valence electrons. The van der Waals surface area contributed by atoms with Crippen molar-refractivity contribution < 1.29 is 4.79 Å². The van der Waals surface area contributed by atoms with E-state index in [-0.39, 0.29) is 23.3 Å². The summed E-state index contributed by atoms with van der Waals surface area (Å²) in [7, 11) is 1.46. The molecule has 0 aliphatic heterocycles. The molecule has 0 saturated carbocycles. The van der Waals surface area contributed by atoms with Crippen LogP contribution < -0.4 is 16.6 Å². The lowest BCUT2D eigenvalue weighted by Crippen LogP contribution is -2.40. The zero-order chi connectivity index (χ0) is 25.0. The van der Waals surface area contributed by atoms with Crippen LogP contribution in [-0.2, 0) is 24.8 Å². The Morgan fingerprint density at radius 3 is 2.41 bits per heavy atom. The molecule has 1 amide bonds. The standard InChI is InChI=1S/C25H33N5O3S/c1-15(2)14-30-21-20(24(32)29(6)25(30)33)23(28-18(5)27-21)34-17(4)22(31)26-16(3)12-13-19-10-8-7-9-11-19/h7-11,15-17H,12-14H2,1-6H3,(H,26,31). The number of nitrogens with zero attached hydrogens (tertiary/aromatic N) is 4. The zero-order valence-electron chi connectivity index (χ0n) is 20.7. The monoisotopic (exact) mass is 483 g/mol. The number of hydrogen-bond acceptors (Lipinski definition) is 6. The van der Waals surface area contributed by atoms with Crippen LogP contribution in [0.2, 0.25) is 0 Å². The van der Waals surface area contributed by atoms with E-state index in [2.05, 4.69) is 27.4 Å². The number of nitrogens with one attached hydrogen (secondary N) is 1. The number of hydrogen-bond donors (Lipinski definition) is 1. The molecule has 0 spiro atoms. The summed E-state index contributed by atoms with van der Waals surface area (Å²) in [6.07, 6.45) is 1.70. The van der Waals surface area contributed by atoms with Crippen LogP contribution in [0.25, 0.3) is 11.0 Å². The highest BCUT2D eigenvalue weighted by Gasteiger charge is 2.23. The fraction of sp³-hybridized carbons (Fsp3) is 0.480. The molecule has 0 fully saturated rings. The van der Waals surface area contributed by atoms with E-state index in [4.69, 9.17) is 0 Å². The van der Waals surface area contributed by atoms with Crippen LogP contribution in [0.1, 0.15) is 45.5 Å². The predicted octanol–water partition coefficient (Wildman–Crippen LogP) is 3.07. The van der Waals surface area contributed by atoms with Crippen molar-refractivity contribution in [2.45, 2.75) is 70.3 Å². The largest absolute Gasteiger partial charge is 0.353 e. The SMILES string of the molecule is Cc1nc(SC(C)C(=O)NC(C)CCc2ccccc2)c2c(=O)n(C)c(=O)n(CC(C)C)c2n1. The lowest BCUT2D eigenvalue weighted by molar-refractivity contribution is -0.120. The van der Waals surface area contributed by atoms with Gasteiger partial charge in [-0.25, -0.2) is 14.8 Å². The van der Waals surface area contributed by atoms with Crippen LogP contribution in [0.4, 0.5) is 0 Å². The van der Waals surface area contributed by atoms with E-state index in [0.717, 1.165) is 17.4 Å². The number of benzene rings is 1. The topological polar surface area (TPSA) is 98.9 Å². The first-order chi connectivity index (χ1) is 16.1. The van der Waals surface area contributed by atoms with Crippen LogP contribution in [0.5, 0.6) is 0 Å². The molecule has 2 unspecified atom stereocenters. The number of rotatable bonds is 9. The van der Waals surface area contributed by atoms with Crippen molar-refractivity contribution in [1.29, 1.82) is 0 Å². The summed E-state index contributed by atoms with van der Waals surface area (Å²) in [6.45, 7) is 9.93. The van der Waals surface area contributed by atoms with Gasteiger partial charge in [0.15, 0.2) is 5.65 Å². The second kappa shape index (κ2) is 11.0. The van der Waals surface area contributed by atoms with Gasteiger partial charge in [-0.05, 0) is 45.1 Å². The van der Waals surface area contributed by atoms with E-state index in [1.807, 2.05) is 39.0 Å². The van der Waals surface area contributed by atoms with E-state index < -0.39 is 16.5 Å². The van der Waals surface area contributed by atoms with Crippen LogP contribution in [-0.4, -0.2) is 36.3 Å². The quantitative estimate of drug-likeness (QED) is 0.371. The number of carbonyl (C=O) groups is 1. The van der Waals surface area contributed by atoms with Crippen molar-refractivity contribution in [1.82, 2.24) is 24.4 Å². The molecule has 0 saturated heterocycles. The van der Waals surface area contributed by atoms with Crippen LogP contribution in [0, 0.1) is 12.8 Å². The summed E-state index contributed by atoms with van der Waals surface area (Å²) in [5.74, 6) is 0.512. The number of fused-ring (bicyclic) bond motifs is 1. The minimum absolute atomic E-state index is 0.00345. The maximum Gasteiger partial charge on any atom is 0.332 e. The number of amides is 1. The van der Waals surface area contributed by atoms with Gasteiger partial charge in [-0.1, -0.05) is 55.9 Å². The van der Waals surface area contributed by atoms with E-state index in [9.17, 15) is 14.4 Å². The summed E-state index contributed by atoms with van der Waals surface area (Å²) < 4.78 is 2.61. The zero-order valence-corrected chi connectivity index (χ0v) is 21.5. The third-order valence-electron chi connectivity index (χ3n) is 5.56. The summed E-state index contributed by atoms with van der Waals surface area (Å²) in [6, 6.07) is 10.2. The molecule has 2 heterocycles. The predicted molar refractivity (Wildman–Crippen MR) is 136 cm³/mol. The van der Waals surface area contributed by atoms with Crippen molar-refractivity contribution in [3.05, 3.63) is 62.6 Å². The smallest absolute Gasteiger partial charge is 0.332 e. The second-order valence-corrected chi connectivity index (χ2v) is 10.4. The molecule has 3 rings (SSSR count). The third-order valence-corrected chi connectivity index (χ3v) is 6.65. The molecule has 9 heteroatoms. The second-order valence-electron chi connectivity index (χ2n) is 9.12. The first-order valence-electron chi connectivity index (χ1n) is 11.6. The molecular formula is C25H33N5O3S. The van der Waals surface area contributed by atoms with Crippen molar-refractivity contribution >= 4 is 28.7 Å². The Labute approximate surface area is 203 Å². The molecule has 3 aromatic rings. The van der Waals surface area contributed by atoms with Gasteiger partial charge < -0.3 is 5.32 Å². The molecule has 0 bridgehead atoms. The van der Waals surface area contributed by atoms with Gasteiger partial charge in [0.2, 0.25) is 5.91 Å². The lowest BCUT2D eigenvalue weighted by atomic mass is 10.1. The number of aryl methyl sites for hydroxylation is 2. The van der Waals surface area contributed by atoms with Crippen molar-refractivity contribution in [3.63, 3.8) is 0 Å². The van der Waals surface area contributed by atoms with Crippen LogP contribution >= 0.6 is 11.8 Å². The highest BCUT2D eigenvalue weighted by Crippen LogP contribution is 2.27. The average molecular weight is 484 g/mol. The minimum Gasteiger partial charge on any atom is -0.353 e. The van der Waals surface area contributed by atoms with E-state index in [0.29, 0.717) is 23.0 Å². The number of aromatic nitrogens is 4. The lowest BCUT2D eigenvalue weighted by Gasteiger charge is -2.19. The fourth-order valence-corrected chi connectivity index (χ4v) is 4.73. The number of thioether (sulfide) groups is 1. The Bertz CT molecular complexity index is 1280. The Kier molecular flexibility index (Phi) is 8.30. The summed E-state index contributed by atoms with van der Waals surface area (Å²) >= 11 is 1.22. The highest BCUT2D eigenvalue weighted by atomic mass is 32.2. The van der Waals surface area contributed by atoms with Gasteiger partial charge in [0, 0.05) is 19.6 Å². The summed E-state index contributed by atoms with van der Waals surface area (Å²) in [4.78, 5) is 47.6. The van der Waals surface area contributed by atoms with Gasteiger partial charge in [-0.15, -0.1) is 0 Å². The maximum atomic E-state index is 13.0. The molecule has 34 heavy (non-hydrogen) atoms. The Balaban J connectivity index is 1.83. The summed E-state index contributed by atoms with van der Waals surface area (Å²) in [5, 5.41) is 3.27. The van der Waals surface area contributed by atoms with E-state index >= 15 is 0 Å². The average Bonchev–Trinajstić information content (AvgIpc) is 2.79. The highest BCUT2D eigenvalue weighted by molar-refractivity contribution is 8.00. The molecule has 1 N–H and O–H groups in total. The van der Waals surface area contributed by atoms with Gasteiger partial charge in [0.05, 0.1) is 5.25 Å². The van der Waals surface area contributed by atoms with Gasteiger partial charge in [-0.3, -0.25) is 18.7 Å². The molecule has 0 aliphatic carbocycles. The molecule has 0 radical (unpaired) electrons. The molecule has 0 aliphatic rings. The van der Waals surface area contributed by atoms with Gasteiger partial charge in [-0.2, -0.15) is 0 Å². The van der Waals surface area contributed by atoms with Crippen molar-refractivity contribution in [2.24, 2.45) is 13.0 Å². The molecule has 2 atom stereocenters. The van der Waals surface area contributed by atoms with E-state index in [1.54, 1.807) is 13.8 Å². The van der Waals surface area contributed by atoms with E-state index in [1.165, 1.54) is 28.9 Å². The molecular weight excluding hydrogens is 450 g/mol. The first kappa shape index (κ1) is 25.7. The normalized spacial score (nSPS) is 13.3. The van der Waals surface area contributed by atoms with Crippen LogP contribution in [0.15, 0.2) is 44.9 Å².